The second kappa shape index (κ2) is 18.2. The second-order valence-corrected chi connectivity index (χ2v) is 12.8. The Labute approximate surface area is 291 Å². The highest BCUT2D eigenvalue weighted by molar-refractivity contribution is 5.96. The average molecular weight is 681 g/mol. The van der Waals surface area contributed by atoms with Crippen LogP contribution in [0, 0.1) is 23.2 Å². The van der Waals surface area contributed by atoms with Crippen molar-refractivity contribution >= 4 is 40.5 Å². The van der Waals surface area contributed by atoms with Crippen molar-refractivity contribution in [1.29, 1.82) is 5.26 Å². The summed E-state index contributed by atoms with van der Waals surface area (Å²) in [6, 6.07) is 21.2. The van der Waals surface area contributed by atoms with Crippen molar-refractivity contribution in [3.05, 3.63) is 95.6 Å². The third-order valence-corrected chi connectivity index (χ3v) is 8.48. The van der Waals surface area contributed by atoms with Crippen LogP contribution in [0.25, 0.3) is 10.8 Å². The molecule has 0 bridgehead atoms. The number of benzene rings is 3. The van der Waals surface area contributed by atoms with Crippen molar-refractivity contribution in [3.63, 3.8) is 0 Å². The lowest BCUT2D eigenvalue weighted by Crippen LogP contribution is -2.56. The Morgan fingerprint density at radius 1 is 0.960 bits per heavy atom. The number of fused-ring (bicyclic) bond motifs is 1. The van der Waals surface area contributed by atoms with Crippen molar-refractivity contribution in [2.45, 2.75) is 70.7 Å². The Balaban J connectivity index is 1.57. The van der Waals surface area contributed by atoms with E-state index < -0.39 is 47.9 Å². The van der Waals surface area contributed by atoms with E-state index in [-0.39, 0.29) is 43.3 Å². The molecule has 0 aliphatic carbocycles. The number of rotatable bonds is 15. The van der Waals surface area contributed by atoms with Crippen molar-refractivity contribution in [2.24, 2.45) is 17.6 Å². The Morgan fingerprint density at radius 3 is 2.36 bits per heavy atom. The topological polar surface area (TPSA) is 193 Å². The molecule has 1 heterocycles. The number of nitriles is 1. The van der Waals surface area contributed by atoms with Gasteiger partial charge >= 0.3 is 6.09 Å². The number of nitrogens with zero attached hydrogens (tertiary/aromatic N) is 1. The maximum atomic E-state index is 14.0. The van der Waals surface area contributed by atoms with Crippen LogP contribution in [0.3, 0.4) is 0 Å². The zero-order valence-corrected chi connectivity index (χ0v) is 28.3. The van der Waals surface area contributed by atoms with E-state index >= 15 is 0 Å². The van der Waals surface area contributed by atoms with E-state index in [9.17, 15) is 29.2 Å². The van der Waals surface area contributed by atoms with Crippen molar-refractivity contribution in [2.75, 3.05) is 6.54 Å². The molecule has 1 saturated heterocycles. The standard InChI is InChI=1S/C38H44N6O6/c1-24(2)18-32(36(47)42-30(20-29(22-39)34(40)45)19-28-15-9-17-41-35(28)46)43-37(48)33(44-38(49)50-23-25-10-4-3-5-11-25)21-27-14-8-13-26-12-6-7-16-31(26)27/h3-8,10-14,16,20,24,28,30,32-33H,9,15,17-19,21,23H2,1-2H3,(H2,40,45)(H,41,46)(H,42,47)(H,43,48)(H,44,49)/b29-20+/t28-,30-,32-,33-/m0/s1. The normalized spacial score (nSPS) is 16.3. The molecule has 1 fully saturated rings. The molecule has 5 amide bonds. The lowest BCUT2D eigenvalue weighted by molar-refractivity contribution is -0.131. The summed E-state index contributed by atoms with van der Waals surface area (Å²) in [5.41, 5.74) is 6.61. The molecule has 3 aromatic rings. The molecule has 0 saturated carbocycles. The fourth-order valence-corrected chi connectivity index (χ4v) is 5.98. The number of nitrogens with two attached hydrogens (primary N) is 1. The summed E-state index contributed by atoms with van der Waals surface area (Å²) in [5.74, 6) is -2.84. The Kier molecular flexibility index (Phi) is 13.5. The van der Waals surface area contributed by atoms with Gasteiger partial charge in [-0.2, -0.15) is 5.26 Å². The summed E-state index contributed by atoms with van der Waals surface area (Å²) in [6.07, 6.45) is 2.23. The van der Waals surface area contributed by atoms with E-state index in [0.717, 1.165) is 28.3 Å². The molecule has 0 unspecified atom stereocenters. The van der Waals surface area contributed by atoms with E-state index in [1.807, 2.05) is 86.6 Å². The van der Waals surface area contributed by atoms with Gasteiger partial charge in [0.05, 0.1) is 0 Å². The molecule has 262 valence electrons. The Bertz CT molecular complexity index is 1750. The zero-order chi connectivity index (χ0) is 36.0. The van der Waals surface area contributed by atoms with E-state index in [1.54, 1.807) is 6.07 Å². The van der Waals surface area contributed by atoms with E-state index in [4.69, 9.17) is 10.5 Å². The van der Waals surface area contributed by atoms with Gasteiger partial charge in [0.2, 0.25) is 17.7 Å². The van der Waals surface area contributed by atoms with Crippen LogP contribution >= 0.6 is 0 Å². The SMILES string of the molecule is CC(C)C[C@H](NC(=O)[C@H](Cc1cccc2ccccc12)NC(=O)OCc1ccccc1)C(=O)N[C@H](/C=C(\C#N)C(N)=O)C[C@@H]1CCCNC1=O. The lowest BCUT2D eigenvalue weighted by atomic mass is 9.90. The monoisotopic (exact) mass is 680 g/mol. The van der Waals surface area contributed by atoms with E-state index in [1.165, 1.54) is 6.08 Å². The van der Waals surface area contributed by atoms with E-state index in [2.05, 4.69) is 21.3 Å². The number of hydrogen-bond acceptors (Lipinski definition) is 7. The van der Waals surface area contributed by atoms with Crippen molar-refractivity contribution in [3.8, 4) is 6.07 Å². The highest BCUT2D eigenvalue weighted by atomic mass is 16.5. The molecule has 4 rings (SSSR count). The molecule has 12 heteroatoms. The summed E-state index contributed by atoms with van der Waals surface area (Å²) in [7, 11) is 0. The average Bonchev–Trinajstić information content (AvgIpc) is 3.10. The number of hydrogen-bond donors (Lipinski definition) is 5. The summed E-state index contributed by atoms with van der Waals surface area (Å²) >= 11 is 0. The quantitative estimate of drug-likeness (QED) is 0.120. The van der Waals surface area contributed by atoms with Gasteiger partial charge in [-0.3, -0.25) is 19.2 Å². The molecule has 6 N–H and O–H groups in total. The summed E-state index contributed by atoms with van der Waals surface area (Å²) < 4.78 is 5.44. The minimum Gasteiger partial charge on any atom is -0.445 e. The Morgan fingerprint density at radius 2 is 1.66 bits per heavy atom. The van der Waals surface area contributed by atoms with Crippen LogP contribution in [0.5, 0.6) is 0 Å². The fourth-order valence-electron chi connectivity index (χ4n) is 5.98. The van der Waals surface area contributed by atoms with Gasteiger partial charge in [0, 0.05) is 24.9 Å². The molecule has 1 aliphatic rings. The molecule has 50 heavy (non-hydrogen) atoms. The van der Waals surface area contributed by atoms with Crippen LogP contribution in [0.2, 0.25) is 0 Å². The predicted octanol–water partition coefficient (Wildman–Crippen LogP) is 3.54. The molecule has 4 atom stereocenters. The molecule has 0 aromatic heterocycles. The first-order valence-corrected chi connectivity index (χ1v) is 16.8. The second-order valence-electron chi connectivity index (χ2n) is 12.8. The summed E-state index contributed by atoms with van der Waals surface area (Å²) in [4.78, 5) is 65.4. The van der Waals surface area contributed by atoms with Gasteiger partial charge in [-0.15, -0.1) is 0 Å². The number of piperidine rings is 1. The van der Waals surface area contributed by atoms with Crippen molar-refractivity contribution < 1.29 is 28.7 Å². The minimum absolute atomic E-state index is 0.00241. The van der Waals surface area contributed by atoms with Crippen LogP contribution in [0.4, 0.5) is 4.79 Å². The fraction of sp³-hybridized carbons (Fsp3) is 0.368. The van der Waals surface area contributed by atoms with Gasteiger partial charge < -0.3 is 31.7 Å². The zero-order valence-electron chi connectivity index (χ0n) is 28.3. The first-order chi connectivity index (χ1) is 24.0. The molecule has 1 aliphatic heterocycles. The van der Waals surface area contributed by atoms with Gasteiger partial charge in [-0.05, 0) is 59.6 Å². The first kappa shape index (κ1) is 37.1. The highest BCUT2D eigenvalue weighted by Gasteiger charge is 2.31. The molecule has 0 spiro atoms. The number of carbonyl (C=O) groups is 5. The van der Waals surface area contributed by atoms with Crippen LogP contribution < -0.4 is 27.0 Å². The largest absolute Gasteiger partial charge is 0.445 e. The summed E-state index contributed by atoms with van der Waals surface area (Å²) in [6.45, 7) is 4.33. The van der Waals surface area contributed by atoms with Gasteiger partial charge in [0.25, 0.3) is 5.91 Å². The smallest absolute Gasteiger partial charge is 0.408 e. The van der Waals surface area contributed by atoms with Crippen LogP contribution in [-0.4, -0.2) is 54.4 Å². The van der Waals surface area contributed by atoms with Gasteiger partial charge in [-0.1, -0.05) is 86.6 Å². The maximum Gasteiger partial charge on any atom is 0.408 e. The number of nitrogens with one attached hydrogen (secondary N) is 4. The Hall–Kier alpha value is -5.70. The third-order valence-electron chi connectivity index (χ3n) is 8.48. The van der Waals surface area contributed by atoms with Crippen LogP contribution in [-0.2, 0) is 36.9 Å². The number of carbonyl (C=O) groups excluding carboxylic acids is 5. The molecule has 0 radical (unpaired) electrons. The highest BCUT2D eigenvalue weighted by Crippen LogP contribution is 2.21. The van der Waals surface area contributed by atoms with Gasteiger partial charge in [-0.25, -0.2) is 4.79 Å². The minimum atomic E-state index is -1.12. The number of amides is 5. The van der Waals surface area contributed by atoms with Crippen molar-refractivity contribution in [1.82, 2.24) is 21.3 Å². The lowest BCUT2D eigenvalue weighted by Gasteiger charge is -2.28. The molecular formula is C38H44N6O6. The van der Waals surface area contributed by atoms with Gasteiger partial charge in [0.1, 0.15) is 30.3 Å². The van der Waals surface area contributed by atoms with Gasteiger partial charge in [0.15, 0.2) is 0 Å². The third kappa shape index (κ3) is 10.9. The number of primary amides is 1. The maximum absolute atomic E-state index is 14.0. The molecule has 3 aromatic carbocycles. The number of ether oxygens (including phenoxy) is 1. The van der Waals surface area contributed by atoms with Crippen LogP contribution in [0.1, 0.15) is 50.7 Å². The molecule has 12 nitrogen and oxygen atoms in total. The predicted molar refractivity (Wildman–Crippen MR) is 188 cm³/mol. The van der Waals surface area contributed by atoms with E-state index in [0.29, 0.717) is 13.0 Å². The number of alkyl carbamates (subject to hydrolysis) is 1. The summed E-state index contributed by atoms with van der Waals surface area (Å²) in [5, 5.41) is 22.5. The van der Waals surface area contributed by atoms with Crippen LogP contribution in [0.15, 0.2) is 84.4 Å². The first-order valence-electron chi connectivity index (χ1n) is 16.8. The molecular weight excluding hydrogens is 636 g/mol.